The molecule has 1 aromatic carbocycles. The first kappa shape index (κ1) is 16.5. The maximum Gasteiger partial charge on any atom is 0.336 e. The van der Waals surface area contributed by atoms with Gasteiger partial charge in [-0.25, -0.2) is 13.2 Å². The van der Waals surface area contributed by atoms with Crippen molar-refractivity contribution in [3.8, 4) is 0 Å². The molecule has 0 aliphatic carbocycles. The predicted molar refractivity (Wildman–Crippen MR) is 86.1 cm³/mol. The molecule has 2 rings (SSSR count). The lowest BCUT2D eigenvalue weighted by molar-refractivity contribution is 0.0696. The quantitative estimate of drug-likeness (QED) is 0.823. The van der Waals surface area contributed by atoms with Crippen molar-refractivity contribution in [2.75, 3.05) is 0 Å². The minimum Gasteiger partial charge on any atom is -0.478 e. The van der Waals surface area contributed by atoms with E-state index >= 15 is 0 Å². The molecule has 0 aliphatic heterocycles. The number of rotatable bonds is 4. The van der Waals surface area contributed by atoms with Crippen LogP contribution in [0.1, 0.15) is 20.8 Å². The number of carbonyl (C=O) groups is 1. The maximum absolute atomic E-state index is 12.5. The second-order valence-corrected chi connectivity index (χ2v) is 8.68. The summed E-state index contributed by atoms with van der Waals surface area (Å²) in [6, 6.07) is 4.27. The average Bonchev–Trinajstić information content (AvgIpc) is 2.76. The Morgan fingerprint density at radius 3 is 2.57 bits per heavy atom. The van der Waals surface area contributed by atoms with Gasteiger partial charge in [0.1, 0.15) is 0 Å². The van der Waals surface area contributed by atoms with Crippen molar-refractivity contribution in [3.63, 3.8) is 0 Å². The fourth-order valence-electron chi connectivity index (χ4n) is 1.89. The van der Waals surface area contributed by atoms with Crippen LogP contribution in [-0.2, 0) is 15.6 Å². The van der Waals surface area contributed by atoms with E-state index in [-0.39, 0.29) is 26.8 Å². The Morgan fingerprint density at radius 1 is 1.38 bits per heavy atom. The molecule has 0 spiro atoms. The highest BCUT2D eigenvalue weighted by atomic mass is 79.9. The third-order valence-corrected chi connectivity index (χ3v) is 6.73. The number of thiophene rings is 1. The zero-order valence-electron chi connectivity index (χ0n) is 10.8. The molecule has 8 heteroatoms. The molecule has 0 saturated carbocycles. The zero-order valence-corrected chi connectivity index (χ0v) is 14.7. The highest BCUT2D eigenvalue weighted by Gasteiger charge is 2.23. The minimum absolute atomic E-state index is 0.0445. The van der Waals surface area contributed by atoms with Crippen LogP contribution >= 0.6 is 38.9 Å². The standard InChI is InChI=1S/C13H10BrClO4S2/c1-7-11(13(16)17)3-9(15)4-12(7)21(18,19)6-10-2-8(14)5-20-10/h2-5H,6H2,1H3,(H,16,17). The Labute approximate surface area is 139 Å². The number of sulfone groups is 1. The molecule has 0 saturated heterocycles. The van der Waals surface area contributed by atoms with E-state index in [9.17, 15) is 13.2 Å². The minimum atomic E-state index is -3.67. The van der Waals surface area contributed by atoms with Crippen molar-refractivity contribution in [1.82, 2.24) is 0 Å². The van der Waals surface area contributed by atoms with E-state index in [1.165, 1.54) is 30.4 Å². The summed E-state index contributed by atoms with van der Waals surface area (Å²) in [7, 11) is -3.67. The van der Waals surface area contributed by atoms with E-state index < -0.39 is 15.8 Å². The van der Waals surface area contributed by atoms with Crippen LogP contribution in [0.4, 0.5) is 0 Å². The highest BCUT2D eigenvalue weighted by molar-refractivity contribution is 9.10. The van der Waals surface area contributed by atoms with Crippen LogP contribution in [0.5, 0.6) is 0 Å². The van der Waals surface area contributed by atoms with Gasteiger partial charge in [-0.2, -0.15) is 0 Å². The summed E-state index contributed by atoms with van der Waals surface area (Å²) in [5, 5.41) is 11.0. The molecular formula is C13H10BrClO4S2. The molecule has 4 nitrogen and oxygen atoms in total. The van der Waals surface area contributed by atoms with E-state index in [1.807, 2.05) is 0 Å². The van der Waals surface area contributed by atoms with Gasteiger partial charge in [0.2, 0.25) is 0 Å². The molecule has 0 radical (unpaired) electrons. The Bertz CT molecular complexity index is 812. The molecule has 0 aliphatic rings. The van der Waals surface area contributed by atoms with Crippen LogP contribution in [0.25, 0.3) is 0 Å². The molecule has 1 aromatic heterocycles. The fraction of sp³-hybridized carbons (Fsp3) is 0.154. The number of halogens is 2. The first-order chi connectivity index (χ1) is 9.70. The number of hydrogen-bond donors (Lipinski definition) is 1. The molecule has 0 unspecified atom stereocenters. The van der Waals surface area contributed by atoms with Gasteiger partial charge in [0.15, 0.2) is 9.84 Å². The smallest absolute Gasteiger partial charge is 0.336 e. The Morgan fingerprint density at radius 2 is 2.05 bits per heavy atom. The van der Waals surface area contributed by atoms with Crippen LogP contribution in [0, 0.1) is 6.92 Å². The van der Waals surface area contributed by atoms with Gasteiger partial charge in [0, 0.05) is 19.8 Å². The van der Waals surface area contributed by atoms with E-state index in [0.29, 0.717) is 4.88 Å². The maximum atomic E-state index is 12.5. The summed E-state index contributed by atoms with van der Waals surface area (Å²) in [4.78, 5) is 11.8. The van der Waals surface area contributed by atoms with Crippen LogP contribution in [-0.4, -0.2) is 19.5 Å². The van der Waals surface area contributed by atoms with Gasteiger partial charge in [-0.05, 0) is 46.6 Å². The van der Waals surface area contributed by atoms with Gasteiger partial charge < -0.3 is 5.11 Å². The van der Waals surface area contributed by atoms with Gasteiger partial charge in [-0.1, -0.05) is 11.6 Å². The Kier molecular flexibility index (Phi) is 4.77. The first-order valence-electron chi connectivity index (χ1n) is 5.70. The van der Waals surface area contributed by atoms with Crippen molar-refractivity contribution in [3.05, 3.63) is 49.1 Å². The summed E-state index contributed by atoms with van der Waals surface area (Å²) in [5.41, 5.74) is 0.0935. The number of hydrogen-bond acceptors (Lipinski definition) is 4. The molecule has 0 fully saturated rings. The van der Waals surface area contributed by atoms with E-state index in [1.54, 1.807) is 11.4 Å². The van der Waals surface area contributed by atoms with Crippen molar-refractivity contribution >= 4 is 54.7 Å². The van der Waals surface area contributed by atoms with E-state index in [2.05, 4.69) is 15.9 Å². The molecular weight excluding hydrogens is 400 g/mol. The zero-order chi connectivity index (χ0) is 15.8. The Hall–Kier alpha value is -0.890. The summed E-state index contributed by atoms with van der Waals surface area (Å²) < 4.78 is 25.8. The summed E-state index contributed by atoms with van der Waals surface area (Å²) in [5.74, 6) is -1.39. The van der Waals surface area contributed by atoms with Gasteiger partial charge >= 0.3 is 5.97 Å². The van der Waals surface area contributed by atoms with Crippen molar-refractivity contribution < 1.29 is 18.3 Å². The number of benzene rings is 1. The molecule has 0 bridgehead atoms. The van der Waals surface area contributed by atoms with Crippen molar-refractivity contribution in [2.45, 2.75) is 17.6 Å². The van der Waals surface area contributed by atoms with E-state index in [4.69, 9.17) is 16.7 Å². The first-order valence-corrected chi connectivity index (χ1v) is 9.40. The SMILES string of the molecule is Cc1c(C(=O)O)cc(Cl)cc1S(=O)(=O)Cc1cc(Br)cs1. The van der Waals surface area contributed by atoms with Crippen molar-refractivity contribution in [1.29, 1.82) is 0 Å². The molecule has 2 aromatic rings. The molecule has 1 N–H and O–H groups in total. The lowest BCUT2D eigenvalue weighted by atomic mass is 10.1. The lowest BCUT2D eigenvalue weighted by Gasteiger charge is -2.10. The molecule has 0 atom stereocenters. The molecule has 21 heavy (non-hydrogen) atoms. The second kappa shape index (κ2) is 6.08. The predicted octanol–water partition coefficient (Wildman–Crippen LogP) is 4.14. The van der Waals surface area contributed by atoms with E-state index in [0.717, 1.165) is 4.47 Å². The summed E-state index contributed by atoms with van der Waals surface area (Å²) in [6.45, 7) is 1.47. The van der Waals surface area contributed by atoms with Gasteiger partial charge in [-0.15, -0.1) is 11.3 Å². The number of aromatic carboxylic acids is 1. The Balaban J connectivity index is 2.52. The lowest BCUT2D eigenvalue weighted by Crippen LogP contribution is -2.10. The largest absolute Gasteiger partial charge is 0.478 e. The molecule has 0 amide bonds. The second-order valence-electron chi connectivity index (χ2n) is 4.37. The van der Waals surface area contributed by atoms with Gasteiger partial charge in [-0.3, -0.25) is 0 Å². The topological polar surface area (TPSA) is 71.4 Å². The van der Waals surface area contributed by atoms with Crippen LogP contribution in [0.2, 0.25) is 5.02 Å². The van der Waals surface area contributed by atoms with Crippen LogP contribution in [0.3, 0.4) is 0 Å². The summed E-state index contributed by atoms with van der Waals surface area (Å²) >= 11 is 10.4. The van der Waals surface area contributed by atoms with Gasteiger partial charge in [0.25, 0.3) is 0 Å². The van der Waals surface area contributed by atoms with Crippen molar-refractivity contribution in [2.24, 2.45) is 0 Å². The van der Waals surface area contributed by atoms with Crippen LogP contribution in [0.15, 0.2) is 32.9 Å². The third-order valence-electron chi connectivity index (χ3n) is 2.84. The number of carboxylic acid groups (broad SMARTS) is 1. The average molecular weight is 410 g/mol. The normalized spacial score (nSPS) is 11.6. The summed E-state index contributed by atoms with van der Waals surface area (Å²) in [6.07, 6.45) is 0. The molecule has 112 valence electrons. The third kappa shape index (κ3) is 3.66. The fourth-order valence-corrected chi connectivity index (χ4v) is 5.65. The molecule has 1 heterocycles. The van der Waals surface area contributed by atoms with Gasteiger partial charge in [0.05, 0.1) is 16.2 Å². The van der Waals surface area contributed by atoms with Crippen LogP contribution < -0.4 is 0 Å². The monoisotopic (exact) mass is 408 g/mol. The number of carboxylic acids is 1. The highest BCUT2D eigenvalue weighted by Crippen LogP contribution is 2.29.